The molecule has 0 amide bonds. The van der Waals surface area contributed by atoms with Gasteiger partial charge in [0, 0.05) is 29.0 Å². The summed E-state index contributed by atoms with van der Waals surface area (Å²) in [6, 6.07) is 3.58. The van der Waals surface area contributed by atoms with E-state index in [-0.39, 0.29) is 11.9 Å². The number of methoxy groups -OCH3 is 3. The largest absolute Gasteiger partial charge is 0.493 e. The number of Topliss-reactive ketones (excluding diaryl/α,β-unsaturated/α-hetero) is 1. The molecule has 0 spiro atoms. The molecule has 0 saturated carbocycles. The number of nitrogens with one attached hydrogen (secondary N) is 1. The maximum Gasteiger partial charge on any atom is 0.337 e. The van der Waals surface area contributed by atoms with Gasteiger partial charge in [0.2, 0.25) is 5.75 Å². The van der Waals surface area contributed by atoms with Gasteiger partial charge in [-0.15, -0.1) is 0 Å². The van der Waals surface area contributed by atoms with Crippen molar-refractivity contribution in [2.45, 2.75) is 52.1 Å². The first-order chi connectivity index (χ1) is 14.3. The number of benzene rings is 1. The van der Waals surface area contributed by atoms with Crippen LogP contribution >= 0.6 is 0 Å². The normalized spacial score (nSPS) is 18.8. The molecule has 1 heterocycles. The highest BCUT2D eigenvalue weighted by Crippen LogP contribution is 2.50. The van der Waals surface area contributed by atoms with Gasteiger partial charge in [0.25, 0.3) is 0 Å². The third-order valence-electron chi connectivity index (χ3n) is 5.38. The molecular weight excluding hydrogens is 386 g/mol. The fourth-order valence-corrected chi connectivity index (χ4v) is 4.19. The molecule has 1 atom stereocenters. The molecule has 1 N–H and O–H groups in total. The van der Waals surface area contributed by atoms with Crippen LogP contribution < -0.4 is 19.5 Å². The number of hydrogen-bond acceptors (Lipinski definition) is 7. The van der Waals surface area contributed by atoms with E-state index in [1.165, 1.54) is 14.2 Å². The molecule has 1 aliphatic carbocycles. The second-order valence-electron chi connectivity index (χ2n) is 7.64. The summed E-state index contributed by atoms with van der Waals surface area (Å²) >= 11 is 0. The quantitative estimate of drug-likeness (QED) is 0.710. The predicted molar refractivity (Wildman–Crippen MR) is 112 cm³/mol. The lowest BCUT2D eigenvalue weighted by Gasteiger charge is -2.35. The van der Waals surface area contributed by atoms with Gasteiger partial charge in [-0.1, -0.05) is 6.07 Å². The number of ketones is 1. The molecule has 7 nitrogen and oxygen atoms in total. The van der Waals surface area contributed by atoms with Crippen molar-refractivity contribution in [3.05, 3.63) is 40.2 Å². The molecular formula is C23H29NO6. The molecule has 0 radical (unpaired) electrons. The fourth-order valence-electron chi connectivity index (χ4n) is 4.19. The lowest BCUT2D eigenvalue weighted by atomic mass is 9.75. The van der Waals surface area contributed by atoms with Crippen LogP contribution in [0.3, 0.4) is 0 Å². The van der Waals surface area contributed by atoms with Crippen LogP contribution in [0.25, 0.3) is 0 Å². The van der Waals surface area contributed by atoms with Gasteiger partial charge in [0.05, 0.1) is 38.9 Å². The Labute approximate surface area is 177 Å². The zero-order valence-electron chi connectivity index (χ0n) is 18.4. The summed E-state index contributed by atoms with van der Waals surface area (Å²) in [4.78, 5) is 26.1. The van der Waals surface area contributed by atoms with Crippen molar-refractivity contribution >= 4 is 11.8 Å². The molecule has 2 aliphatic rings. The van der Waals surface area contributed by atoms with E-state index in [2.05, 4.69) is 5.32 Å². The van der Waals surface area contributed by atoms with E-state index in [0.717, 1.165) is 18.5 Å². The minimum atomic E-state index is -0.616. The molecule has 1 aromatic carbocycles. The molecule has 0 aromatic heterocycles. The lowest BCUT2D eigenvalue weighted by Crippen LogP contribution is -2.35. The molecule has 3 rings (SSSR count). The number of esters is 1. The number of carbonyl (C=O) groups excluding carboxylic acids is 2. The summed E-state index contributed by atoms with van der Waals surface area (Å²) in [5.74, 6) is 0.292. The van der Waals surface area contributed by atoms with E-state index in [9.17, 15) is 9.59 Å². The van der Waals surface area contributed by atoms with E-state index in [0.29, 0.717) is 46.1 Å². The highest BCUT2D eigenvalue weighted by Gasteiger charge is 2.41. The second-order valence-corrected chi connectivity index (χ2v) is 7.64. The van der Waals surface area contributed by atoms with Crippen molar-refractivity contribution in [2.75, 3.05) is 21.3 Å². The van der Waals surface area contributed by atoms with E-state index < -0.39 is 11.9 Å². The zero-order valence-corrected chi connectivity index (χ0v) is 18.4. The van der Waals surface area contributed by atoms with Crippen molar-refractivity contribution in [1.29, 1.82) is 0 Å². The first kappa shape index (κ1) is 21.7. The van der Waals surface area contributed by atoms with Gasteiger partial charge < -0.3 is 24.3 Å². The Morgan fingerprint density at radius 1 is 1.07 bits per heavy atom. The van der Waals surface area contributed by atoms with Gasteiger partial charge in [0.15, 0.2) is 17.3 Å². The molecule has 0 bridgehead atoms. The van der Waals surface area contributed by atoms with Crippen LogP contribution in [0.5, 0.6) is 17.2 Å². The first-order valence-corrected chi connectivity index (χ1v) is 10.1. The molecule has 0 fully saturated rings. The Morgan fingerprint density at radius 3 is 2.37 bits per heavy atom. The SMILES string of the molecule is COc1ccc([C@H]2C(C(=O)OC(C)C)=C(C)NC3=C2C(=O)CCC3)c(OC)c1OC. The Bertz CT molecular complexity index is 928. The number of dihydropyridines is 1. The van der Waals surface area contributed by atoms with E-state index in [4.69, 9.17) is 18.9 Å². The number of allylic oxidation sites excluding steroid dienone is 3. The van der Waals surface area contributed by atoms with Crippen LogP contribution in [-0.4, -0.2) is 39.2 Å². The van der Waals surface area contributed by atoms with Crippen LogP contribution in [0.2, 0.25) is 0 Å². The Morgan fingerprint density at radius 2 is 1.77 bits per heavy atom. The van der Waals surface area contributed by atoms with Crippen molar-refractivity contribution in [3.63, 3.8) is 0 Å². The molecule has 7 heteroatoms. The minimum absolute atomic E-state index is 0.0212. The van der Waals surface area contributed by atoms with Crippen LogP contribution in [-0.2, 0) is 14.3 Å². The minimum Gasteiger partial charge on any atom is -0.493 e. The Balaban J connectivity index is 2.27. The number of rotatable bonds is 6. The van der Waals surface area contributed by atoms with Crippen molar-refractivity contribution < 1.29 is 28.5 Å². The fraction of sp³-hybridized carbons (Fsp3) is 0.478. The summed E-state index contributed by atoms with van der Waals surface area (Å²) in [7, 11) is 4.60. The summed E-state index contributed by atoms with van der Waals surface area (Å²) in [6.07, 6.45) is 1.68. The molecule has 0 saturated heterocycles. The maximum absolute atomic E-state index is 13.1. The van der Waals surface area contributed by atoms with Crippen LogP contribution in [0.15, 0.2) is 34.7 Å². The Kier molecular flexibility index (Phi) is 6.39. The molecule has 30 heavy (non-hydrogen) atoms. The van der Waals surface area contributed by atoms with Gasteiger partial charge in [-0.25, -0.2) is 4.79 Å². The average Bonchev–Trinajstić information content (AvgIpc) is 2.70. The van der Waals surface area contributed by atoms with Gasteiger partial charge in [-0.05, 0) is 39.7 Å². The molecule has 162 valence electrons. The number of carbonyl (C=O) groups is 2. The predicted octanol–water partition coefficient (Wildman–Crippen LogP) is 3.63. The van der Waals surface area contributed by atoms with E-state index in [1.54, 1.807) is 27.0 Å². The third kappa shape index (κ3) is 3.76. The second kappa shape index (κ2) is 8.81. The monoisotopic (exact) mass is 415 g/mol. The summed E-state index contributed by atoms with van der Waals surface area (Å²) in [6.45, 7) is 5.43. The van der Waals surface area contributed by atoms with Crippen molar-refractivity contribution in [3.8, 4) is 17.2 Å². The van der Waals surface area contributed by atoms with E-state index in [1.807, 2.05) is 13.0 Å². The standard InChI is InChI=1S/C23H29NO6/c1-12(2)30-23(26)18-13(3)24-15-8-7-9-16(25)20(15)19(18)14-10-11-17(27-4)22(29-6)21(14)28-5/h10-12,19,24H,7-9H2,1-6H3/t19-/m0/s1. The molecule has 0 unspecified atom stereocenters. The summed E-state index contributed by atoms with van der Waals surface area (Å²) in [5.41, 5.74) is 3.19. The van der Waals surface area contributed by atoms with Gasteiger partial charge >= 0.3 is 5.97 Å². The van der Waals surface area contributed by atoms with Crippen molar-refractivity contribution in [2.24, 2.45) is 0 Å². The highest BCUT2D eigenvalue weighted by molar-refractivity contribution is 6.04. The van der Waals surface area contributed by atoms with E-state index >= 15 is 0 Å². The van der Waals surface area contributed by atoms with Gasteiger partial charge in [-0.3, -0.25) is 4.79 Å². The average molecular weight is 415 g/mol. The summed E-state index contributed by atoms with van der Waals surface area (Å²) in [5, 5.41) is 3.28. The van der Waals surface area contributed by atoms with Gasteiger partial charge in [0.1, 0.15) is 0 Å². The van der Waals surface area contributed by atoms with Gasteiger partial charge in [-0.2, -0.15) is 0 Å². The molecule has 1 aromatic rings. The molecule has 1 aliphatic heterocycles. The van der Waals surface area contributed by atoms with Crippen molar-refractivity contribution in [1.82, 2.24) is 5.32 Å². The van der Waals surface area contributed by atoms with Crippen LogP contribution in [0.1, 0.15) is 51.5 Å². The smallest absolute Gasteiger partial charge is 0.337 e. The third-order valence-corrected chi connectivity index (χ3v) is 5.38. The number of ether oxygens (including phenoxy) is 4. The van der Waals surface area contributed by atoms with Crippen LogP contribution in [0, 0.1) is 0 Å². The summed E-state index contributed by atoms with van der Waals surface area (Å²) < 4.78 is 22.2. The maximum atomic E-state index is 13.1. The zero-order chi connectivity index (χ0) is 22.0. The number of hydrogen-bond donors (Lipinski definition) is 1. The first-order valence-electron chi connectivity index (χ1n) is 10.1. The topological polar surface area (TPSA) is 83.1 Å². The highest BCUT2D eigenvalue weighted by atomic mass is 16.5. The van der Waals surface area contributed by atoms with Crippen LogP contribution in [0.4, 0.5) is 0 Å². The Hall–Kier alpha value is -2.96. The lowest BCUT2D eigenvalue weighted by molar-refractivity contribution is -0.143.